The number of nitrogens with zero attached hydrogens (tertiary/aromatic N) is 3. The number of rotatable bonds is 6. The van der Waals surface area contributed by atoms with Crippen molar-refractivity contribution in [3.8, 4) is 0 Å². The molecule has 1 amide bonds. The lowest BCUT2D eigenvalue weighted by atomic mass is 9.96. The minimum atomic E-state index is -3.66. The monoisotopic (exact) mass is 471 g/mol. The average molecular weight is 472 g/mol. The molecule has 0 aliphatic heterocycles. The molecule has 6 nitrogen and oxygen atoms in total. The van der Waals surface area contributed by atoms with Gasteiger partial charge in [0.05, 0.1) is 21.2 Å². The molecule has 1 aliphatic rings. The third kappa shape index (κ3) is 4.44. The van der Waals surface area contributed by atoms with Gasteiger partial charge in [0.25, 0.3) is 5.91 Å². The van der Waals surface area contributed by atoms with Crippen LogP contribution in [0.5, 0.6) is 0 Å². The Morgan fingerprint density at radius 1 is 1.06 bits per heavy atom. The predicted molar refractivity (Wildman–Crippen MR) is 128 cm³/mol. The van der Waals surface area contributed by atoms with Crippen LogP contribution in [0.2, 0.25) is 0 Å². The lowest BCUT2D eigenvalue weighted by molar-refractivity contribution is 0.0742. The summed E-state index contributed by atoms with van der Waals surface area (Å²) in [5.41, 5.74) is 1.28. The SMILES string of the molecule is CC(c1nc2ccccc2s1)N(C)C(=O)c1cccc(S(=O)(=O)N(C)C2CCCCC2)c1. The summed E-state index contributed by atoms with van der Waals surface area (Å²) in [7, 11) is -0.273. The van der Waals surface area contributed by atoms with Crippen LogP contribution in [0.1, 0.15) is 60.4 Å². The number of carbonyl (C=O) groups is 1. The first-order valence-corrected chi connectivity index (χ1v) is 13.3. The van der Waals surface area contributed by atoms with Gasteiger partial charge in [-0.2, -0.15) is 4.31 Å². The molecule has 1 aromatic heterocycles. The van der Waals surface area contributed by atoms with Crippen molar-refractivity contribution in [2.24, 2.45) is 0 Å². The van der Waals surface area contributed by atoms with Crippen molar-refractivity contribution in [2.75, 3.05) is 14.1 Å². The van der Waals surface area contributed by atoms with Gasteiger partial charge in [0.2, 0.25) is 10.0 Å². The van der Waals surface area contributed by atoms with Crippen LogP contribution in [0.4, 0.5) is 0 Å². The molecule has 4 rings (SSSR count). The molecule has 1 heterocycles. The summed E-state index contributed by atoms with van der Waals surface area (Å²) < 4.78 is 29.0. The highest BCUT2D eigenvalue weighted by Gasteiger charge is 2.30. The number of fused-ring (bicyclic) bond motifs is 1. The van der Waals surface area contributed by atoms with Gasteiger partial charge in [0.1, 0.15) is 5.01 Å². The van der Waals surface area contributed by atoms with Gasteiger partial charge in [-0.1, -0.05) is 37.5 Å². The topological polar surface area (TPSA) is 70.6 Å². The zero-order valence-corrected chi connectivity index (χ0v) is 20.3. The second-order valence-electron chi connectivity index (χ2n) is 8.45. The fourth-order valence-electron chi connectivity index (χ4n) is 4.21. The molecule has 3 aromatic rings. The zero-order valence-electron chi connectivity index (χ0n) is 18.7. The van der Waals surface area contributed by atoms with E-state index < -0.39 is 10.0 Å². The van der Waals surface area contributed by atoms with Crippen LogP contribution in [0.25, 0.3) is 10.2 Å². The van der Waals surface area contributed by atoms with E-state index in [2.05, 4.69) is 4.98 Å². The average Bonchev–Trinajstić information content (AvgIpc) is 3.27. The number of thiazole rings is 1. The van der Waals surface area contributed by atoms with Crippen LogP contribution in [0.3, 0.4) is 0 Å². The molecule has 1 atom stereocenters. The summed E-state index contributed by atoms with van der Waals surface area (Å²) in [5.74, 6) is -0.228. The maximum absolute atomic E-state index is 13.2. The van der Waals surface area contributed by atoms with Crippen molar-refractivity contribution >= 4 is 37.5 Å². The maximum Gasteiger partial charge on any atom is 0.254 e. The van der Waals surface area contributed by atoms with Crippen molar-refractivity contribution in [3.63, 3.8) is 0 Å². The highest BCUT2D eigenvalue weighted by Crippen LogP contribution is 2.30. The van der Waals surface area contributed by atoms with Crippen molar-refractivity contribution < 1.29 is 13.2 Å². The van der Waals surface area contributed by atoms with E-state index in [1.165, 1.54) is 10.4 Å². The summed E-state index contributed by atoms with van der Waals surface area (Å²) in [6, 6.07) is 14.1. The second-order valence-corrected chi connectivity index (χ2v) is 11.5. The van der Waals surface area contributed by atoms with Crippen LogP contribution in [-0.4, -0.2) is 48.7 Å². The molecule has 0 spiro atoms. The molecule has 8 heteroatoms. The van der Waals surface area contributed by atoms with Gasteiger partial charge in [-0.3, -0.25) is 4.79 Å². The largest absolute Gasteiger partial charge is 0.333 e. The lowest BCUT2D eigenvalue weighted by Crippen LogP contribution is -2.38. The summed E-state index contributed by atoms with van der Waals surface area (Å²) in [6.45, 7) is 1.94. The molecular formula is C24H29N3O3S2. The number of carbonyl (C=O) groups excluding carboxylic acids is 1. The van der Waals surface area contributed by atoms with E-state index in [1.54, 1.807) is 48.5 Å². The molecule has 1 saturated carbocycles. The van der Waals surface area contributed by atoms with E-state index in [9.17, 15) is 13.2 Å². The highest BCUT2D eigenvalue weighted by atomic mass is 32.2. The zero-order chi connectivity index (χ0) is 22.9. The van der Waals surface area contributed by atoms with E-state index in [0.717, 1.165) is 47.3 Å². The molecular weight excluding hydrogens is 442 g/mol. The number of benzene rings is 2. The normalized spacial score (nSPS) is 16.4. The lowest BCUT2D eigenvalue weighted by Gasteiger charge is -2.30. The van der Waals surface area contributed by atoms with Crippen LogP contribution in [0, 0.1) is 0 Å². The van der Waals surface area contributed by atoms with E-state index in [1.807, 2.05) is 31.2 Å². The van der Waals surface area contributed by atoms with Gasteiger partial charge in [0.15, 0.2) is 0 Å². The number of amides is 1. The van der Waals surface area contributed by atoms with Gasteiger partial charge in [0, 0.05) is 25.7 Å². The third-order valence-corrected chi connectivity index (χ3v) is 9.53. The van der Waals surface area contributed by atoms with Gasteiger partial charge in [-0.15, -0.1) is 11.3 Å². The van der Waals surface area contributed by atoms with Crippen LogP contribution in [-0.2, 0) is 10.0 Å². The Balaban J connectivity index is 1.55. The summed E-state index contributed by atoms with van der Waals surface area (Å²) >= 11 is 1.57. The van der Waals surface area contributed by atoms with Crippen molar-refractivity contribution in [3.05, 3.63) is 59.1 Å². The number of para-hydroxylation sites is 1. The molecule has 170 valence electrons. The third-order valence-electron chi connectivity index (χ3n) is 6.42. The fraction of sp³-hybridized carbons (Fsp3) is 0.417. The van der Waals surface area contributed by atoms with E-state index in [4.69, 9.17) is 0 Å². The molecule has 1 unspecified atom stereocenters. The second kappa shape index (κ2) is 9.29. The van der Waals surface area contributed by atoms with E-state index >= 15 is 0 Å². The van der Waals surface area contributed by atoms with Crippen molar-refractivity contribution in [1.29, 1.82) is 0 Å². The molecule has 2 aromatic carbocycles. The Labute approximate surface area is 193 Å². The van der Waals surface area contributed by atoms with Gasteiger partial charge < -0.3 is 4.90 Å². The smallest absolute Gasteiger partial charge is 0.254 e. The summed E-state index contributed by atoms with van der Waals surface area (Å²) in [6.07, 6.45) is 5.04. The van der Waals surface area contributed by atoms with Crippen LogP contribution >= 0.6 is 11.3 Å². The Morgan fingerprint density at radius 3 is 2.50 bits per heavy atom. The molecule has 0 radical (unpaired) electrons. The molecule has 1 aliphatic carbocycles. The Kier molecular flexibility index (Phi) is 6.65. The molecule has 1 fully saturated rings. The minimum Gasteiger partial charge on any atom is -0.333 e. The minimum absolute atomic E-state index is 0.0230. The van der Waals surface area contributed by atoms with Crippen LogP contribution in [0.15, 0.2) is 53.4 Å². The maximum atomic E-state index is 13.2. The fourth-order valence-corrected chi connectivity index (χ4v) is 6.74. The quantitative estimate of drug-likeness (QED) is 0.502. The van der Waals surface area contributed by atoms with E-state index in [-0.39, 0.29) is 22.9 Å². The number of aromatic nitrogens is 1. The highest BCUT2D eigenvalue weighted by molar-refractivity contribution is 7.89. The molecule has 0 N–H and O–H groups in total. The standard InChI is InChI=1S/C24H29N3O3S2/c1-17(23-25-21-14-7-8-15-22(21)31-23)26(2)24(28)18-10-9-13-20(16-18)32(29,30)27(3)19-11-5-4-6-12-19/h7-10,13-17,19H,4-6,11-12H2,1-3H3. The van der Waals surface area contributed by atoms with Gasteiger partial charge in [-0.05, 0) is 50.1 Å². The number of hydrogen-bond acceptors (Lipinski definition) is 5. The molecule has 32 heavy (non-hydrogen) atoms. The van der Waals surface area contributed by atoms with Gasteiger partial charge in [-0.25, -0.2) is 13.4 Å². The first-order chi connectivity index (χ1) is 15.3. The Bertz CT molecular complexity index is 1180. The molecule has 0 bridgehead atoms. The Morgan fingerprint density at radius 2 is 1.78 bits per heavy atom. The summed E-state index contributed by atoms with van der Waals surface area (Å²) in [4.78, 5) is 19.7. The van der Waals surface area contributed by atoms with Gasteiger partial charge >= 0.3 is 0 Å². The molecule has 0 saturated heterocycles. The predicted octanol–water partition coefficient (Wildman–Crippen LogP) is 5.08. The number of hydrogen-bond donors (Lipinski definition) is 0. The van der Waals surface area contributed by atoms with Crippen molar-refractivity contribution in [2.45, 2.75) is 56.0 Å². The number of sulfonamides is 1. The van der Waals surface area contributed by atoms with Crippen LogP contribution < -0.4 is 0 Å². The first-order valence-electron chi connectivity index (χ1n) is 11.0. The van der Waals surface area contributed by atoms with E-state index in [0.29, 0.717) is 5.56 Å². The van der Waals surface area contributed by atoms with Crippen molar-refractivity contribution in [1.82, 2.24) is 14.2 Å². The summed E-state index contributed by atoms with van der Waals surface area (Å²) in [5, 5.41) is 0.850. The first kappa shape index (κ1) is 22.9. The Hall–Kier alpha value is -2.29.